The van der Waals surface area contributed by atoms with E-state index in [0.29, 0.717) is 16.5 Å². The van der Waals surface area contributed by atoms with Crippen molar-refractivity contribution in [2.75, 3.05) is 13.7 Å². The molecule has 0 spiro atoms. The highest BCUT2D eigenvalue weighted by Crippen LogP contribution is 2.29. The first-order chi connectivity index (χ1) is 13.1. The van der Waals surface area contributed by atoms with Crippen LogP contribution in [0.4, 0.5) is 4.39 Å². The second-order valence-corrected chi connectivity index (χ2v) is 7.01. The highest BCUT2D eigenvalue weighted by molar-refractivity contribution is 6.31. The molecule has 148 valence electrons. The highest BCUT2D eigenvalue weighted by atomic mass is 35.5. The lowest BCUT2D eigenvalue weighted by atomic mass is 10.1. The fourth-order valence-electron chi connectivity index (χ4n) is 2.82. The van der Waals surface area contributed by atoms with E-state index in [0.717, 1.165) is 24.2 Å². The number of unbranched alkanes of at least 4 members (excludes halogenated alkanes) is 4. The first-order valence-electron chi connectivity index (χ1n) is 9.58. The fraction of sp³-hybridized carbons (Fsp3) is 0.455. The van der Waals surface area contributed by atoms with Crippen LogP contribution in [0.5, 0.6) is 11.5 Å². The molecule has 2 aromatic rings. The van der Waals surface area contributed by atoms with E-state index in [1.807, 2.05) is 18.2 Å². The standard InChI is InChI=1S/C22H29ClFNO2/c1-3-4-5-6-7-12-25-15-17-8-11-21(22(13-17)26-2)27-16-18-9-10-19(24)14-20(18)23/h8-11,13-14,25H,3-7,12,15-16H2,1-2H3. The normalized spacial score (nSPS) is 10.8. The Hall–Kier alpha value is -1.78. The smallest absolute Gasteiger partial charge is 0.161 e. The molecule has 27 heavy (non-hydrogen) atoms. The van der Waals surface area contributed by atoms with Crippen molar-refractivity contribution in [2.45, 2.75) is 52.2 Å². The Morgan fingerprint density at radius 1 is 1.00 bits per heavy atom. The van der Waals surface area contributed by atoms with E-state index in [4.69, 9.17) is 21.1 Å². The van der Waals surface area contributed by atoms with Crippen LogP contribution < -0.4 is 14.8 Å². The summed E-state index contributed by atoms with van der Waals surface area (Å²) in [6.45, 7) is 4.31. The first-order valence-corrected chi connectivity index (χ1v) is 9.96. The van der Waals surface area contributed by atoms with Crippen molar-refractivity contribution in [3.63, 3.8) is 0 Å². The second-order valence-electron chi connectivity index (χ2n) is 6.60. The van der Waals surface area contributed by atoms with Gasteiger partial charge in [0.1, 0.15) is 12.4 Å². The molecule has 0 fully saturated rings. The van der Waals surface area contributed by atoms with Crippen LogP contribution in [0.1, 0.15) is 50.2 Å². The van der Waals surface area contributed by atoms with Crippen molar-refractivity contribution < 1.29 is 13.9 Å². The zero-order chi connectivity index (χ0) is 19.5. The number of methoxy groups -OCH3 is 1. The van der Waals surface area contributed by atoms with Crippen molar-refractivity contribution in [1.82, 2.24) is 5.32 Å². The third kappa shape index (κ3) is 7.39. The number of ether oxygens (including phenoxy) is 2. The van der Waals surface area contributed by atoms with Gasteiger partial charge in [-0.05, 0) is 42.8 Å². The maximum Gasteiger partial charge on any atom is 0.161 e. The Morgan fingerprint density at radius 3 is 2.56 bits per heavy atom. The summed E-state index contributed by atoms with van der Waals surface area (Å²) >= 11 is 6.05. The molecule has 2 aromatic carbocycles. The Morgan fingerprint density at radius 2 is 1.81 bits per heavy atom. The van der Waals surface area contributed by atoms with Crippen molar-refractivity contribution in [1.29, 1.82) is 0 Å². The molecular weight excluding hydrogens is 365 g/mol. The molecule has 0 atom stereocenters. The van der Waals surface area contributed by atoms with Crippen LogP contribution in [0, 0.1) is 5.82 Å². The molecule has 0 amide bonds. The summed E-state index contributed by atoms with van der Waals surface area (Å²) in [4.78, 5) is 0. The van der Waals surface area contributed by atoms with Gasteiger partial charge in [-0.1, -0.05) is 56.3 Å². The number of rotatable bonds is 12. The maximum atomic E-state index is 13.1. The van der Waals surface area contributed by atoms with E-state index in [1.54, 1.807) is 13.2 Å². The SMILES string of the molecule is CCCCCCCNCc1ccc(OCc2ccc(F)cc2Cl)c(OC)c1. The van der Waals surface area contributed by atoms with E-state index in [1.165, 1.54) is 44.2 Å². The van der Waals surface area contributed by atoms with Crippen LogP contribution in [0.2, 0.25) is 5.02 Å². The molecule has 0 unspecified atom stereocenters. The first kappa shape index (κ1) is 21.5. The van der Waals surface area contributed by atoms with Crippen LogP contribution in [0.3, 0.4) is 0 Å². The molecule has 0 radical (unpaired) electrons. The number of nitrogens with one attached hydrogen (secondary N) is 1. The van der Waals surface area contributed by atoms with Gasteiger partial charge in [0.05, 0.1) is 12.1 Å². The van der Waals surface area contributed by atoms with Crippen molar-refractivity contribution >= 4 is 11.6 Å². The molecule has 2 rings (SSSR count). The zero-order valence-electron chi connectivity index (χ0n) is 16.2. The van der Waals surface area contributed by atoms with Gasteiger partial charge in [-0.2, -0.15) is 0 Å². The minimum atomic E-state index is -0.358. The number of halogens is 2. The predicted molar refractivity (Wildman–Crippen MR) is 109 cm³/mol. The summed E-state index contributed by atoms with van der Waals surface area (Å²) in [5.41, 5.74) is 1.88. The summed E-state index contributed by atoms with van der Waals surface area (Å²) in [6.07, 6.45) is 6.40. The summed E-state index contributed by atoms with van der Waals surface area (Å²) < 4.78 is 24.4. The molecular formula is C22H29ClFNO2. The molecule has 1 N–H and O–H groups in total. The van der Waals surface area contributed by atoms with Gasteiger partial charge in [-0.3, -0.25) is 0 Å². The van der Waals surface area contributed by atoms with Gasteiger partial charge in [0.15, 0.2) is 11.5 Å². The van der Waals surface area contributed by atoms with Crippen molar-refractivity contribution in [2.24, 2.45) is 0 Å². The van der Waals surface area contributed by atoms with Crippen LogP contribution in [-0.2, 0) is 13.2 Å². The summed E-state index contributed by atoms with van der Waals surface area (Å²) in [7, 11) is 1.62. The van der Waals surface area contributed by atoms with Crippen LogP contribution in [0.15, 0.2) is 36.4 Å². The second kappa shape index (κ2) is 11.8. The maximum absolute atomic E-state index is 13.1. The van der Waals surface area contributed by atoms with Crippen molar-refractivity contribution in [3.05, 3.63) is 58.4 Å². The molecule has 3 nitrogen and oxygen atoms in total. The predicted octanol–water partition coefficient (Wildman–Crippen LogP) is 6.13. The molecule has 0 aromatic heterocycles. The van der Waals surface area contributed by atoms with Gasteiger partial charge < -0.3 is 14.8 Å². The Balaban J connectivity index is 1.84. The molecule has 0 heterocycles. The van der Waals surface area contributed by atoms with E-state index >= 15 is 0 Å². The third-order valence-corrected chi connectivity index (χ3v) is 4.76. The Labute approximate surface area is 166 Å². The molecule has 0 aliphatic heterocycles. The van der Waals surface area contributed by atoms with Gasteiger partial charge >= 0.3 is 0 Å². The number of benzene rings is 2. The van der Waals surface area contributed by atoms with Crippen LogP contribution in [-0.4, -0.2) is 13.7 Å². The molecule has 0 aliphatic rings. The zero-order valence-corrected chi connectivity index (χ0v) is 16.9. The van der Waals surface area contributed by atoms with Gasteiger partial charge in [0, 0.05) is 12.1 Å². The average molecular weight is 394 g/mol. The van der Waals surface area contributed by atoms with E-state index in [2.05, 4.69) is 12.2 Å². The molecule has 0 bridgehead atoms. The topological polar surface area (TPSA) is 30.5 Å². The molecule has 5 heteroatoms. The van der Waals surface area contributed by atoms with Crippen LogP contribution in [0.25, 0.3) is 0 Å². The van der Waals surface area contributed by atoms with Gasteiger partial charge in [-0.15, -0.1) is 0 Å². The summed E-state index contributed by atoms with van der Waals surface area (Å²) in [6, 6.07) is 10.2. The minimum Gasteiger partial charge on any atom is -0.493 e. The lowest BCUT2D eigenvalue weighted by Gasteiger charge is -2.13. The molecule has 0 saturated heterocycles. The quantitative estimate of drug-likeness (QED) is 0.440. The highest BCUT2D eigenvalue weighted by Gasteiger charge is 2.08. The largest absolute Gasteiger partial charge is 0.493 e. The third-order valence-electron chi connectivity index (χ3n) is 4.41. The van der Waals surface area contributed by atoms with E-state index in [-0.39, 0.29) is 12.4 Å². The van der Waals surface area contributed by atoms with Gasteiger partial charge in [0.25, 0.3) is 0 Å². The fourth-order valence-corrected chi connectivity index (χ4v) is 3.04. The van der Waals surface area contributed by atoms with Gasteiger partial charge in [0.2, 0.25) is 0 Å². The number of hydrogen-bond acceptors (Lipinski definition) is 3. The van der Waals surface area contributed by atoms with E-state index in [9.17, 15) is 4.39 Å². The minimum absolute atomic E-state index is 0.255. The lowest BCUT2D eigenvalue weighted by Crippen LogP contribution is -2.14. The van der Waals surface area contributed by atoms with Crippen LogP contribution >= 0.6 is 11.6 Å². The Bertz CT molecular complexity index is 709. The average Bonchev–Trinajstić information content (AvgIpc) is 2.67. The number of hydrogen-bond donors (Lipinski definition) is 1. The molecule has 0 saturated carbocycles. The van der Waals surface area contributed by atoms with E-state index < -0.39 is 0 Å². The summed E-state index contributed by atoms with van der Waals surface area (Å²) in [5, 5.41) is 3.83. The van der Waals surface area contributed by atoms with Gasteiger partial charge in [-0.25, -0.2) is 4.39 Å². The lowest BCUT2D eigenvalue weighted by molar-refractivity contribution is 0.284. The summed E-state index contributed by atoms with van der Waals surface area (Å²) in [5.74, 6) is 0.959. The van der Waals surface area contributed by atoms with Crippen molar-refractivity contribution in [3.8, 4) is 11.5 Å². The monoisotopic (exact) mass is 393 g/mol. The Kier molecular flexibility index (Phi) is 9.43. The molecule has 0 aliphatic carbocycles.